The van der Waals surface area contributed by atoms with Gasteiger partial charge in [-0.2, -0.15) is 0 Å². The SMILES string of the molecule is COc1cc2nc(-c3ccccc3)nc(N3CCC[C@H](C)C3)c2cc1OC. The molecule has 0 radical (unpaired) electrons. The fourth-order valence-electron chi connectivity index (χ4n) is 3.78. The van der Waals surface area contributed by atoms with Gasteiger partial charge in [0, 0.05) is 30.1 Å². The molecule has 27 heavy (non-hydrogen) atoms. The monoisotopic (exact) mass is 363 g/mol. The average Bonchev–Trinajstić information content (AvgIpc) is 2.72. The number of rotatable bonds is 4. The Balaban J connectivity index is 1.93. The van der Waals surface area contributed by atoms with Crippen molar-refractivity contribution >= 4 is 16.7 Å². The minimum atomic E-state index is 0.657. The molecule has 1 aliphatic heterocycles. The number of fused-ring (bicyclic) bond motifs is 1. The van der Waals surface area contributed by atoms with Crippen molar-refractivity contribution in [2.75, 3.05) is 32.2 Å². The summed E-state index contributed by atoms with van der Waals surface area (Å²) in [5.74, 6) is 3.76. The first-order valence-corrected chi connectivity index (χ1v) is 9.43. The molecule has 1 saturated heterocycles. The topological polar surface area (TPSA) is 47.5 Å². The fourth-order valence-corrected chi connectivity index (χ4v) is 3.78. The van der Waals surface area contributed by atoms with Gasteiger partial charge in [-0.25, -0.2) is 9.97 Å². The first-order valence-electron chi connectivity index (χ1n) is 9.43. The maximum Gasteiger partial charge on any atom is 0.162 e. The van der Waals surface area contributed by atoms with Crippen molar-refractivity contribution in [3.8, 4) is 22.9 Å². The quantitative estimate of drug-likeness (QED) is 0.680. The highest BCUT2D eigenvalue weighted by Crippen LogP contribution is 2.37. The first-order chi connectivity index (χ1) is 13.2. The van der Waals surface area contributed by atoms with Crippen LogP contribution in [0, 0.1) is 5.92 Å². The lowest BCUT2D eigenvalue weighted by Gasteiger charge is -2.32. The third-order valence-electron chi connectivity index (χ3n) is 5.17. The van der Waals surface area contributed by atoms with E-state index >= 15 is 0 Å². The number of piperidine rings is 1. The second-order valence-corrected chi connectivity index (χ2v) is 7.15. The van der Waals surface area contributed by atoms with Gasteiger partial charge >= 0.3 is 0 Å². The van der Waals surface area contributed by atoms with Crippen LogP contribution in [0.25, 0.3) is 22.3 Å². The maximum absolute atomic E-state index is 5.52. The molecule has 0 amide bonds. The van der Waals surface area contributed by atoms with Gasteiger partial charge in [0.2, 0.25) is 0 Å². The van der Waals surface area contributed by atoms with Gasteiger partial charge < -0.3 is 14.4 Å². The van der Waals surface area contributed by atoms with Crippen molar-refractivity contribution in [1.29, 1.82) is 0 Å². The molecule has 3 aromatic rings. The Bertz CT molecular complexity index is 943. The van der Waals surface area contributed by atoms with Gasteiger partial charge in [-0.15, -0.1) is 0 Å². The standard InChI is InChI=1S/C22H25N3O2/c1-15-8-7-11-25(14-15)22-17-12-19(26-2)20(27-3)13-18(17)23-21(24-22)16-9-5-4-6-10-16/h4-6,9-10,12-13,15H,7-8,11,14H2,1-3H3/t15-/m0/s1. The number of methoxy groups -OCH3 is 2. The molecule has 0 bridgehead atoms. The molecule has 5 nitrogen and oxygen atoms in total. The molecule has 0 saturated carbocycles. The largest absolute Gasteiger partial charge is 0.493 e. The zero-order valence-corrected chi connectivity index (χ0v) is 16.1. The average molecular weight is 363 g/mol. The summed E-state index contributed by atoms with van der Waals surface area (Å²) in [4.78, 5) is 12.2. The van der Waals surface area contributed by atoms with Gasteiger partial charge in [0.1, 0.15) is 5.82 Å². The summed E-state index contributed by atoms with van der Waals surface area (Å²) in [5, 5.41) is 1.00. The summed E-state index contributed by atoms with van der Waals surface area (Å²) in [6.45, 7) is 4.32. The molecule has 1 fully saturated rings. The molecule has 0 N–H and O–H groups in total. The van der Waals surface area contributed by atoms with Gasteiger partial charge in [0.25, 0.3) is 0 Å². The van der Waals surface area contributed by atoms with Crippen LogP contribution >= 0.6 is 0 Å². The molecule has 0 aliphatic carbocycles. The van der Waals surface area contributed by atoms with E-state index in [1.807, 2.05) is 42.5 Å². The molecular weight excluding hydrogens is 338 g/mol. The van der Waals surface area contributed by atoms with Crippen molar-refractivity contribution in [2.24, 2.45) is 5.92 Å². The van der Waals surface area contributed by atoms with Gasteiger partial charge in [-0.1, -0.05) is 37.3 Å². The molecule has 0 unspecified atom stereocenters. The van der Waals surface area contributed by atoms with Crippen LogP contribution in [0.3, 0.4) is 0 Å². The van der Waals surface area contributed by atoms with E-state index in [-0.39, 0.29) is 0 Å². The minimum absolute atomic E-state index is 0.657. The van der Waals surface area contributed by atoms with E-state index in [1.165, 1.54) is 12.8 Å². The lowest BCUT2D eigenvalue weighted by Crippen LogP contribution is -2.35. The highest BCUT2D eigenvalue weighted by molar-refractivity contribution is 5.93. The van der Waals surface area contributed by atoms with Crippen LogP contribution in [0.4, 0.5) is 5.82 Å². The third kappa shape index (κ3) is 3.42. The molecule has 2 aromatic carbocycles. The summed E-state index contributed by atoms with van der Waals surface area (Å²) >= 11 is 0. The first kappa shape index (κ1) is 17.6. The number of hydrogen-bond acceptors (Lipinski definition) is 5. The summed E-state index contributed by atoms with van der Waals surface area (Å²) in [5.41, 5.74) is 1.88. The lowest BCUT2D eigenvalue weighted by atomic mass is 10.00. The number of nitrogens with zero attached hydrogens (tertiary/aromatic N) is 3. The van der Waals surface area contributed by atoms with Crippen molar-refractivity contribution in [2.45, 2.75) is 19.8 Å². The number of hydrogen-bond donors (Lipinski definition) is 0. The molecule has 2 heterocycles. The summed E-state index contributed by atoms with van der Waals surface area (Å²) in [7, 11) is 3.31. The highest BCUT2D eigenvalue weighted by Gasteiger charge is 2.22. The van der Waals surface area contributed by atoms with Crippen LogP contribution in [0.1, 0.15) is 19.8 Å². The van der Waals surface area contributed by atoms with Gasteiger partial charge in [-0.3, -0.25) is 0 Å². The second-order valence-electron chi connectivity index (χ2n) is 7.15. The number of anilines is 1. The second kappa shape index (κ2) is 7.43. The van der Waals surface area contributed by atoms with E-state index in [1.54, 1.807) is 14.2 Å². The summed E-state index contributed by atoms with van der Waals surface area (Å²) in [6.07, 6.45) is 2.45. The molecular formula is C22H25N3O2. The Kier molecular flexibility index (Phi) is 4.84. The number of aromatic nitrogens is 2. The predicted octanol–water partition coefficient (Wildman–Crippen LogP) is 4.55. The maximum atomic E-state index is 5.52. The highest BCUT2D eigenvalue weighted by atomic mass is 16.5. The Labute approximate surface area is 160 Å². The van der Waals surface area contributed by atoms with Crippen LogP contribution in [0.5, 0.6) is 11.5 Å². The fraction of sp³-hybridized carbons (Fsp3) is 0.364. The van der Waals surface area contributed by atoms with E-state index in [2.05, 4.69) is 11.8 Å². The Hall–Kier alpha value is -2.82. The van der Waals surface area contributed by atoms with Crippen LogP contribution in [-0.4, -0.2) is 37.3 Å². The van der Waals surface area contributed by atoms with Gasteiger partial charge in [0.15, 0.2) is 17.3 Å². The minimum Gasteiger partial charge on any atom is -0.493 e. The van der Waals surface area contributed by atoms with Crippen molar-refractivity contribution in [3.05, 3.63) is 42.5 Å². The van der Waals surface area contributed by atoms with Crippen molar-refractivity contribution < 1.29 is 9.47 Å². The summed E-state index contributed by atoms with van der Waals surface area (Å²) in [6, 6.07) is 14.1. The molecule has 140 valence electrons. The molecule has 4 rings (SSSR count). The van der Waals surface area contributed by atoms with E-state index in [4.69, 9.17) is 19.4 Å². The third-order valence-corrected chi connectivity index (χ3v) is 5.17. The van der Waals surface area contributed by atoms with Crippen LogP contribution in [0.2, 0.25) is 0 Å². The predicted molar refractivity (Wildman–Crippen MR) is 109 cm³/mol. The Morgan fingerprint density at radius 1 is 1.00 bits per heavy atom. The lowest BCUT2D eigenvalue weighted by molar-refractivity contribution is 0.355. The zero-order chi connectivity index (χ0) is 18.8. The summed E-state index contributed by atoms with van der Waals surface area (Å²) < 4.78 is 11.0. The molecule has 0 spiro atoms. The Morgan fingerprint density at radius 3 is 2.44 bits per heavy atom. The smallest absolute Gasteiger partial charge is 0.162 e. The molecule has 1 aliphatic rings. The van der Waals surface area contributed by atoms with Crippen LogP contribution in [0.15, 0.2) is 42.5 Å². The van der Waals surface area contributed by atoms with Crippen LogP contribution < -0.4 is 14.4 Å². The van der Waals surface area contributed by atoms with E-state index in [9.17, 15) is 0 Å². The molecule has 5 heteroatoms. The molecule has 1 atom stereocenters. The van der Waals surface area contributed by atoms with Crippen molar-refractivity contribution in [1.82, 2.24) is 9.97 Å². The number of benzene rings is 2. The zero-order valence-electron chi connectivity index (χ0n) is 16.1. The number of ether oxygens (including phenoxy) is 2. The van der Waals surface area contributed by atoms with Crippen molar-refractivity contribution in [3.63, 3.8) is 0 Å². The van der Waals surface area contributed by atoms with Gasteiger partial charge in [0.05, 0.1) is 19.7 Å². The van der Waals surface area contributed by atoms with Crippen LogP contribution in [-0.2, 0) is 0 Å². The van der Waals surface area contributed by atoms with Gasteiger partial charge in [-0.05, 0) is 24.8 Å². The normalized spacial score (nSPS) is 17.1. The Morgan fingerprint density at radius 2 is 1.74 bits per heavy atom. The van der Waals surface area contributed by atoms with E-state index in [0.717, 1.165) is 41.2 Å². The molecule has 1 aromatic heterocycles. The van der Waals surface area contributed by atoms with E-state index in [0.29, 0.717) is 17.4 Å². The van der Waals surface area contributed by atoms with E-state index < -0.39 is 0 Å².